The van der Waals surface area contributed by atoms with Crippen LogP contribution in [0.25, 0.3) is 6.08 Å². The van der Waals surface area contributed by atoms with Crippen molar-refractivity contribution in [3.05, 3.63) is 100 Å². The number of hydrogen-bond acceptors (Lipinski definition) is 4. The number of benzene rings is 3. The van der Waals surface area contributed by atoms with Gasteiger partial charge in [0.15, 0.2) is 0 Å². The molecule has 0 saturated heterocycles. The summed E-state index contributed by atoms with van der Waals surface area (Å²) in [5.74, 6) is -0.991. The number of amides is 1. The maximum Gasteiger partial charge on any atom is 0.335 e. The molecular weight excluding hydrogens is 404 g/mol. The fourth-order valence-corrected chi connectivity index (χ4v) is 3.19. The average Bonchev–Trinajstić information content (AvgIpc) is 2.76. The van der Waals surface area contributed by atoms with E-state index in [1.165, 1.54) is 18.2 Å². The third-order valence-electron chi connectivity index (χ3n) is 4.66. The van der Waals surface area contributed by atoms with Crippen molar-refractivity contribution in [1.29, 1.82) is 5.26 Å². The van der Waals surface area contributed by atoms with Crippen molar-refractivity contribution in [3.8, 4) is 11.8 Å². The van der Waals surface area contributed by atoms with Gasteiger partial charge in [-0.2, -0.15) is 5.26 Å². The molecular formula is C26H22N2O4. The normalized spacial score (nSPS) is 10.8. The second kappa shape index (κ2) is 10.1. The number of carboxylic acid groups (broad SMARTS) is 1. The summed E-state index contributed by atoms with van der Waals surface area (Å²) in [6, 6.07) is 21.1. The van der Waals surface area contributed by atoms with Crippen molar-refractivity contribution in [1.82, 2.24) is 0 Å². The minimum absolute atomic E-state index is 0.0500. The Morgan fingerprint density at radius 1 is 1.03 bits per heavy atom. The van der Waals surface area contributed by atoms with Gasteiger partial charge in [-0.1, -0.05) is 36.4 Å². The first-order valence-electron chi connectivity index (χ1n) is 9.91. The number of nitrogens with zero attached hydrogens (tertiary/aromatic N) is 1. The zero-order chi connectivity index (χ0) is 23.1. The molecule has 0 aromatic heterocycles. The molecule has 0 fully saturated rings. The molecule has 0 heterocycles. The van der Waals surface area contributed by atoms with Gasteiger partial charge < -0.3 is 15.2 Å². The Hall–Kier alpha value is -4.37. The first-order valence-corrected chi connectivity index (χ1v) is 9.91. The molecule has 0 aliphatic carbocycles. The number of nitriles is 1. The number of hydrogen-bond donors (Lipinski definition) is 2. The van der Waals surface area contributed by atoms with E-state index in [0.717, 1.165) is 16.7 Å². The Kier molecular flexibility index (Phi) is 7.04. The lowest BCUT2D eigenvalue weighted by atomic mass is 10.1. The van der Waals surface area contributed by atoms with E-state index in [2.05, 4.69) is 5.32 Å². The van der Waals surface area contributed by atoms with E-state index in [1.807, 2.05) is 38.1 Å². The molecule has 0 bridgehead atoms. The van der Waals surface area contributed by atoms with Crippen LogP contribution in [0.3, 0.4) is 0 Å². The first kappa shape index (κ1) is 22.3. The van der Waals surface area contributed by atoms with Crippen molar-refractivity contribution < 1.29 is 19.4 Å². The molecule has 0 radical (unpaired) electrons. The van der Waals surface area contributed by atoms with Crippen LogP contribution in [-0.4, -0.2) is 17.0 Å². The van der Waals surface area contributed by atoms with Gasteiger partial charge in [0.25, 0.3) is 5.91 Å². The van der Waals surface area contributed by atoms with Gasteiger partial charge in [0, 0.05) is 11.3 Å². The molecule has 3 aromatic carbocycles. The quantitative estimate of drug-likeness (QED) is 0.403. The van der Waals surface area contributed by atoms with Crippen LogP contribution in [-0.2, 0) is 11.4 Å². The Balaban J connectivity index is 1.77. The largest absolute Gasteiger partial charge is 0.488 e. The van der Waals surface area contributed by atoms with Crippen LogP contribution in [0, 0.1) is 25.2 Å². The highest BCUT2D eigenvalue weighted by Gasteiger charge is 2.12. The van der Waals surface area contributed by atoms with Crippen LogP contribution in [0.4, 0.5) is 5.69 Å². The summed E-state index contributed by atoms with van der Waals surface area (Å²) in [5, 5.41) is 21.3. The van der Waals surface area contributed by atoms with E-state index >= 15 is 0 Å². The van der Waals surface area contributed by atoms with Crippen molar-refractivity contribution in [2.24, 2.45) is 0 Å². The summed E-state index contributed by atoms with van der Waals surface area (Å²) in [5.41, 5.74) is 4.18. The van der Waals surface area contributed by atoms with E-state index in [1.54, 1.807) is 36.4 Å². The first-order chi connectivity index (χ1) is 15.4. The molecule has 6 heteroatoms. The number of nitrogens with one attached hydrogen (secondary N) is 1. The van der Waals surface area contributed by atoms with Crippen molar-refractivity contribution in [3.63, 3.8) is 0 Å². The van der Waals surface area contributed by atoms with Crippen molar-refractivity contribution in [2.75, 3.05) is 5.32 Å². The van der Waals surface area contributed by atoms with Gasteiger partial charge in [-0.3, -0.25) is 4.79 Å². The second-order valence-corrected chi connectivity index (χ2v) is 7.33. The molecule has 0 atom stereocenters. The fourth-order valence-electron chi connectivity index (χ4n) is 3.19. The summed E-state index contributed by atoms with van der Waals surface area (Å²) >= 11 is 0. The maximum absolute atomic E-state index is 12.7. The summed E-state index contributed by atoms with van der Waals surface area (Å²) in [7, 11) is 0. The van der Waals surface area contributed by atoms with Crippen LogP contribution in [0.15, 0.2) is 72.3 Å². The lowest BCUT2D eigenvalue weighted by Gasteiger charge is -2.10. The van der Waals surface area contributed by atoms with Gasteiger partial charge in [0.2, 0.25) is 0 Å². The number of rotatable bonds is 7. The minimum atomic E-state index is -0.990. The van der Waals surface area contributed by atoms with Crippen molar-refractivity contribution in [2.45, 2.75) is 20.5 Å². The minimum Gasteiger partial charge on any atom is -0.488 e. The molecule has 0 saturated carbocycles. The van der Waals surface area contributed by atoms with E-state index < -0.39 is 11.9 Å². The summed E-state index contributed by atoms with van der Waals surface area (Å²) in [6.07, 6.45) is 1.49. The molecule has 160 valence electrons. The Labute approximate surface area is 186 Å². The monoisotopic (exact) mass is 426 g/mol. The predicted molar refractivity (Wildman–Crippen MR) is 122 cm³/mol. The van der Waals surface area contributed by atoms with Crippen LogP contribution in [0.5, 0.6) is 5.75 Å². The molecule has 0 aliphatic rings. The standard InChI is InChI=1S/C26H22N2O4/c1-17-11-18(2)13-23(12-17)28-25(29)22(15-27)14-21-5-3-4-6-24(21)32-16-19-7-9-20(10-8-19)26(30)31/h3-14H,16H2,1-2H3,(H,28,29)(H,30,31). The molecule has 3 rings (SSSR count). The number of ether oxygens (including phenoxy) is 1. The Morgan fingerprint density at radius 2 is 1.69 bits per heavy atom. The summed E-state index contributed by atoms with van der Waals surface area (Å²) < 4.78 is 5.87. The van der Waals surface area contributed by atoms with Gasteiger partial charge >= 0.3 is 5.97 Å². The zero-order valence-electron chi connectivity index (χ0n) is 17.8. The molecule has 0 aliphatic heterocycles. The maximum atomic E-state index is 12.7. The predicted octanol–water partition coefficient (Wildman–Crippen LogP) is 5.13. The number of aryl methyl sites for hydroxylation is 2. The highest BCUT2D eigenvalue weighted by Crippen LogP contribution is 2.23. The van der Waals surface area contributed by atoms with Crippen LogP contribution >= 0.6 is 0 Å². The van der Waals surface area contributed by atoms with E-state index in [9.17, 15) is 14.9 Å². The van der Waals surface area contributed by atoms with Crippen LogP contribution < -0.4 is 10.1 Å². The summed E-state index contributed by atoms with van der Waals surface area (Å²) in [6.45, 7) is 4.08. The molecule has 2 N–H and O–H groups in total. The molecule has 1 amide bonds. The lowest BCUT2D eigenvalue weighted by molar-refractivity contribution is -0.112. The number of carbonyl (C=O) groups excluding carboxylic acids is 1. The van der Waals surface area contributed by atoms with Gasteiger partial charge in [-0.15, -0.1) is 0 Å². The van der Waals surface area contributed by atoms with Gasteiger partial charge in [0.05, 0.1) is 5.56 Å². The molecule has 32 heavy (non-hydrogen) atoms. The number of para-hydroxylation sites is 1. The van der Waals surface area contributed by atoms with Crippen LogP contribution in [0.1, 0.15) is 32.6 Å². The average molecular weight is 426 g/mol. The molecule has 0 spiro atoms. The van der Waals surface area contributed by atoms with E-state index in [4.69, 9.17) is 9.84 Å². The van der Waals surface area contributed by atoms with E-state index in [0.29, 0.717) is 17.0 Å². The zero-order valence-corrected chi connectivity index (χ0v) is 17.8. The molecule has 6 nitrogen and oxygen atoms in total. The number of anilines is 1. The van der Waals surface area contributed by atoms with Gasteiger partial charge in [-0.05, 0) is 66.9 Å². The highest BCUT2D eigenvalue weighted by molar-refractivity contribution is 6.09. The smallest absolute Gasteiger partial charge is 0.335 e. The topological polar surface area (TPSA) is 99.4 Å². The third kappa shape index (κ3) is 5.83. The number of carboxylic acids is 1. The fraction of sp³-hybridized carbons (Fsp3) is 0.115. The lowest BCUT2D eigenvalue weighted by Crippen LogP contribution is -2.13. The Bertz CT molecular complexity index is 1200. The number of carbonyl (C=O) groups is 2. The SMILES string of the molecule is Cc1cc(C)cc(NC(=O)C(C#N)=Cc2ccccc2OCc2ccc(C(=O)O)cc2)c1. The second-order valence-electron chi connectivity index (χ2n) is 7.33. The summed E-state index contributed by atoms with van der Waals surface area (Å²) in [4.78, 5) is 23.6. The van der Waals surface area contributed by atoms with Gasteiger partial charge in [0.1, 0.15) is 24.0 Å². The van der Waals surface area contributed by atoms with Crippen LogP contribution in [0.2, 0.25) is 0 Å². The van der Waals surface area contributed by atoms with Crippen molar-refractivity contribution >= 4 is 23.6 Å². The number of aromatic carboxylic acids is 1. The van der Waals surface area contributed by atoms with E-state index in [-0.39, 0.29) is 17.7 Å². The third-order valence-corrected chi connectivity index (χ3v) is 4.66. The highest BCUT2D eigenvalue weighted by atomic mass is 16.5. The molecule has 3 aromatic rings. The molecule has 0 unspecified atom stereocenters. The Morgan fingerprint density at radius 3 is 2.31 bits per heavy atom. The van der Waals surface area contributed by atoms with Gasteiger partial charge in [-0.25, -0.2) is 4.79 Å².